The quantitative estimate of drug-likeness (QED) is 0.645. The van der Waals surface area contributed by atoms with Crippen LogP contribution >= 0.6 is 11.3 Å². The normalized spacial score (nSPS) is 14.4. The zero-order valence-electron chi connectivity index (χ0n) is 11.6. The van der Waals surface area contributed by atoms with Crippen LogP contribution in [0.15, 0.2) is 29.6 Å². The number of aromatic nitrogens is 1. The maximum absolute atomic E-state index is 12.0. The predicted octanol–water partition coefficient (Wildman–Crippen LogP) is 1.67. The highest BCUT2D eigenvalue weighted by atomic mass is 32.1. The van der Waals surface area contributed by atoms with Gasteiger partial charge in [0, 0.05) is 48.6 Å². The lowest BCUT2D eigenvalue weighted by atomic mass is 10.0. The number of nitrogens with one attached hydrogen (secondary N) is 2. The summed E-state index contributed by atoms with van der Waals surface area (Å²) in [7, 11) is 0. The van der Waals surface area contributed by atoms with Gasteiger partial charge in [-0.3, -0.25) is 14.9 Å². The number of benzene rings is 1. The van der Waals surface area contributed by atoms with Crippen molar-refractivity contribution in [3.63, 3.8) is 0 Å². The third-order valence-electron chi connectivity index (χ3n) is 3.46. The van der Waals surface area contributed by atoms with Gasteiger partial charge in [-0.15, -0.1) is 11.3 Å². The Morgan fingerprint density at radius 2 is 2.32 bits per heavy atom. The molecule has 1 aliphatic rings. The van der Waals surface area contributed by atoms with Crippen LogP contribution in [0.4, 0.5) is 5.69 Å². The van der Waals surface area contributed by atoms with Gasteiger partial charge in [0.25, 0.3) is 11.6 Å². The fraction of sp³-hybridized carbons (Fsp3) is 0.286. The summed E-state index contributed by atoms with van der Waals surface area (Å²) in [6.07, 6.45) is 0. The second-order valence-corrected chi connectivity index (χ2v) is 5.94. The SMILES string of the molecule is O=C(NCC1CNC1)c1csc(-c2cccc([N+](=O)[O-])c2)n1. The third-order valence-corrected chi connectivity index (χ3v) is 4.35. The lowest BCUT2D eigenvalue weighted by molar-refractivity contribution is -0.384. The Labute approximate surface area is 130 Å². The van der Waals surface area contributed by atoms with Crippen molar-refractivity contribution in [2.75, 3.05) is 19.6 Å². The van der Waals surface area contributed by atoms with E-state index in [1.54, 1.807) is 17.5 Å². The number of hydrogen-bond donors (Lipinski definition) is 2. The fourth-order valence-electron chi connectivity index (χ4n) is 2.08. The largest absolute Gasteiger partial charge is 0.350 e. The molecule has 114 valence electrons. The molecule has 22 heavy (non-hydrogen) atoms. The summed E-state index contributed by atoms with van der Waals surface area (Å²) < 4.78 is 0. The van der Waals surface area contributed by atoms with Gasteiger partial charge in [-0.1, -0.05) is 12.1 Å². The molecule has 1 aliphatic heterocycles. The average Bonchev–Trinajstić information content (AvgIpc) is 2.95. The first-order chi connectivity index (χ1) is 10.6. The van der Waals surface area contributed by atoms with Crippen molar-refractivity contribution >= 4 is 22.9 Å². The van der Waals surface area contributed by atoms with Crippen LogP contribution in [-0.2, 0) is 0 Å². The number of carbonyl (C=O) groups excluding carboxylic acids is 1. The molecule has 0 saturated carbocycles. The van der Waals surface area contributed by atoms with E-state index in [0.717, 1.165) is 13.1 Å². The molecule has 2 N–H and O–H groups in total. The van der Waals surface area contributed by atoms with Gasteiger partial charge in [-0.05, 0) is 0 Å². The van der Waals surface area contributed by atoms with Crippen molar-refractivity contribution in [1.82, 2.24) is 15.6 Å². The summed E-state index contributed by atoms with van der Waals surface area (Å²) in [5.41, 5.74) is 0.997. The van der Waals surface area contributed by atoms with E-state index >= 15 is 0 Å². The molecular formula is C14H14N4O3S. The number of non-ortho nitro benzene ring substituents is 1. The molecule has 0 unspecified atom stereocenters. The van der Waals surface area contributed by atoms with Crippen LogP contribution in [0.2, 0.25) is 0 Å². The van der Waals surface area contributed by atoms with Crippen LogP contribution in [0.5, 0.6) is 0 Å². The number of nitro benzene ring substituents is 1. The minimum atomic E-state index is -0.447. The zero-order chi connectivity index (χ0) is 15.5. The number of nitro groups is 1. The van der Waals surface area contributed by atoms with Crippen molar-refractivity contribution in [2.24, 2.45) is 5.92 Å². The van der Waals surface area contributed by atoms with E-state index in [4.69, 9.17) is 0 Å². The number of rotatable bonds is 5. The standard InChI is InChI=1S/C14H14N4O3S/c19-13(16-7-9-5-15-6-9)12-8-22-14(17-12)10-2-1-3-11(4-10)18(20)21/h1-4,8-9,15H,5-7H2,(H,16,19). The predicted molar refractivity (Wildman–Crippen MR) is 82.9 cm³/mol. The number of carbonyl (C=O) groups is 1. The van der Waals surface area contributed by atoms with Gasteiger partial charge in [0.2, 0.25) is 0 Å². The molecule has 8 heteroatoms. The maximum Gasteiger partial charge on any atom is 0.270 e. The smallest absolute Gasteiger partial charge is 0.270 e. The Kier molecular flexibility index (Phi) is 4.12. The summed E-state index contributed by atoms with van der Waals surface area (Å²) in [5, 5.41) is 19.1. The van der Waals surface area contributed by atoms with Crippen molar-refractivity contribution in [2.45, 2.75) is 0 Å². The highest BCUT2D eigenvalue weighted by Gasteiger charge is 2.19. The van der Waals surface area contributed by atoms with E-state index in [1.807, 2.05) is 0 Å². The molecule has 1 amide bonds. The van der Waals surface area contributed by atoms with Crippen LogP contribution in [-0.4, -0.2) is 35.4 Å². The zero-order valence-corrected chi connectivity index (χ0v) is 12.4. The molecule has 0 radical (unpaired) electrons. The molecule has 0 aliphatic carbocycles. The topological polar surface area (TPSA) is 97.2 Å². The molecule has 3 rings (SSSR count). The van der Waals surface area contributed by atoms with E-state index in [2.05, 4.69) is 15.6 Å². The highest BCUT2D eigenvalue weighted by molar-refractivity contribution is 7.13. The second kappa shape index (κ2) is 6.20. The van der Waals surface area contributed by atoms with Crippen molar-refractivity contribution < 1.29 is 9.72 Å². The van der Waals surface area contributed by atoms with E-state index < -0.39 is 4.92 Å². The molecular weight excluding hydrogens is 304 g/mol. The number of amides is 1. The molecule has 0 spiro atoms. The van der Waals surface area contributed by atoms with E-state index in [9.17, 15) is 14.9 Å². The minimum absolute atomic E-state index is 0.0104. The van der Waals surface area contributed by atoms with Gasteiger partial charge in [0.05, 0.1) is 4.92 Å². The first-order valence-corrected chi connectivity index (χ1v) is 7.71. The van der Waals surface area contributed by atoms with Crippen LogP contribution in [0, 0.1) is 16.0 Å². The van der Waals surface area contributed by atoms with E-state index in [0.29, 0.717) is 28.7 Å². The van der Waals surface area contributed by atoms with Crippen LogP contribution in [0.25, 0.3) is 10.6 Å². The molecule has 1 fully saturated rings. The first-order valence-electron chi connectivity index (χ1n) is 6.83. The Bertz CT molecular complexity index is 712. The monoisotopic (exact) mass is 318 g/mol. The van der Waals surface area contributed by atoms with Crippen LogP contribution < -0.4 is 10.6 Å². The van der Waals surface area contributed by atoms with Crippen molar-refractivity contribution in [3.05, 3.63) is 45.5 Å². The average molecular weight is 318 g/mol. The van der Waals surface area contributed by atoms with Gasteiger partial charge < -0.3 is 10.6 Å². The summed E-state index contributed by atoms with van der Waals surface area (Å²) in [5.74, 6) is 0.277. The molecule has 1 aromatic carbocycles. The van der Waals surface area contributed by atoms with Gasteiger partial charge >= 0.3 is 0 Å². The number of thiazole rings is 1. The molecule has 7 nitrogen and oxygen atoms in total. The summed E-state index contributed by atoms with van der Waals surface area (Å²) >= 11 is 1.30. The first kappa shape index (κ1) is 14.6. The second-order valence-electron chi connectivity index (χ2n) is 5.08. The molecule has 0 bridgehead atoms. The van der Waals surface area contributed by atoms with Gasteiger partial charge in [0.1, 0.15) is 10.7 Å². The Morgan fingerprint density at radius 3 is 3.00 bits per heavy atom. The van der Waals surface area contributed by atoms with Gasteiger partial charge in [-0.2, -0.15) is 0 Å². The van der Waals surface area contributed by atoms with Crippen molar-refractivity contribution in [3.8, 4) is 10.6 Å². The Hall–Kier alpha value is -2.32. The summed E-state index contributed by atoms with van der Waals surface area (Å²) in [6, 6.07) is 6.24. The molecule has 1 saturated heterocycles. The molecule has 1 aromatic heterocycles. The Balaban J connectivity index is 1.71. The van der Waals surface area contributed by atoms with Gasteiger partial charge in [0.15, 0.2) is 0 Å². The number of nitrogens with zero attached hydrogens (tertiary/aromatic N) is 2. The summed E-state index contributed by atoms with van der Waals surface area (Å²) in [6.45, 7) is 2.49. The van der Waals surface area contributed by atoms with Crippen molar-refractivity contribution in [1.29, 1.82) is 0 Å². The Morgan fingerprint density at radius 1 is 1.50 bits per heavy atom. The van der Waals surface area contributed by atoms with E-state index in [1.165, 1.54) is 23.5 Å². The molecule has 0 atom stereocenters. The summed E-state index contributed by atoms with van der Waals surface area (Å²) in [4.78, 5) is 26.6. The third kappa shape index (κ3) is 3.12. The fourth-order valence-corrected chi connectivity index (χ4v) is 2.88. The molecule has 2 heterocycles. The highest BCUT2D eigenvalue weighted by Crippen LogP contribution is 2.26. The lowest BCUT2D eigenvalue weighted by Crippen LogP contribution is -2.48. The van der Waals surface area contributed by atoms with E-state index in [-0.39, 0.29) is 11.6 Å². The van der Waals surface area contributed by atoms with Crippen LogP contribution in [0.1, 0.15) is 10.5 Å². The minimum Gasteiger partial charge on any atom is -0.350 e. The lowest BCUT2D eigenvalue weighted by Gasteiger charge is -2.26. The maximum atomic E-state index is 12.0. The van der Waals surface area contributed by atoms with Gasteiger partial charge in [-0.25, -0.2) is 4.98 Å². The molecule has 2 aromatic rings. The number of hydrogen-bond acceptors (Lipinski definition) is 6. The van der Waals surface area contributed by atoms with Crippen LogP contribution in [0.3, 0.4) is 0 Å².